The molecule has 0 aliphatic carbocycles. The maximum absolute atomic E-state index is 11.4. The van der Waals surface area contributed by atoms with Crippen LogP contribution in [0, 0.1) is 6.92 Å². The lowest BCUT2D eigenvalue weighted by molar-refractivity contribution is 0.0990. The first-order valence-electron chi connectivity index (χ1n) is 6.64. The molecule has 1 amide bonds. The second-order valence-corrected chi connectivity index (χ2v) is 5.32. The van der Waals surface area contributed by atoms with Crippen molar-refractivity contribution < 1.29 is 4.79 Å². The molecule has 1 aromatic heterocycles. The number of nitrogens with two attached hydrogens (primary N) is 1. The van der Waals surface area contributed by atoms with Crippen LogP contribution in [0.4, 0.5) is 0 Å². The van der Waals surface area contributed by atoms with Crippen LogP contribution in [0.25, 0.3) is 17.1 Å². The van der Waals surface area contributed by atoms with Crippen LogP contribution in [0.1, 0.15) is 16.2 Å². The number of benzene rings is 2. The van der Waals surface area contributed by atoms with Crippen molar-refractivity contribution in [2.24, 2.45) is 5.73 Å². The predicted molar refractivity (Wildman–Crippen MR) is 85.1 cm³/mol. The number of rotatable bonds is 3. The summed E-state index contributed by atoms with van der Waals surface area (Å²) in [7, 11) is 0. The van der Waals surface area contributed by atoms with Crippen molar-refractivity contribution in [3.63, 3.8) is 0 Å². The molecule has 0 spiro atoms. The van der Waals surface area contributed by atoms with E-state index in [4.69, 9.17) is 17.3 Å². The largest absolute Gasteiger partial charge is 0.363 e. The lowest BCUT2D eigenvalue weighted by atomic mass is 10.2. The van der Waals surface area contributed by atoms with Crippen molar-refractivity contribution in [3.05, 3.63) is 64.9 Å². The fraction of sp³-hybridized carbons (Fsp3) is 0.0625. The first-order chi connectivity index (χ1) is 10.5. The first kappa shape index (κ1) is 14.3. The highest BCUT2D eigenvalue weighted by Gasteiger charge is 2.16. The molecular formula is C16H13ClN4O. The van der Waals surface area contributed by atoms with Gasteiger partial charge in [-0.1, -0.05) is 41.4 Å². The Morgan fingerprint density at radius 1 is 1.18 bits per heavy atom. The van der Waals surface area contributed by atoms with Gasteiger partial charge in [0.15, 0.2) is 5.82 Å². The number of halogens is 1. The summed E-state index contributed by atoms with van der Waals surface area (Å²) in [5, 5.41) is 4.78. The fourth-order valence-corrected chi connectivity index (χ4v) is 2.29. The van der Waals surface area contributed by atoms with Gasteiger partial charge in [-0.2, -0.15) is 0 Å². The average molecular weight is 313 g/mol. The van der Waals surface area contributed by atoms with Gasteiger partial charge in [-0.15, -0.1) is 5.10 Å². The van der Waals surface area contributed by atoms with E-state index in [2.05, 4.69) is 10.1 Å². The smallest absolute Gasteiger partial charge is 0.288 e. The highest BCUT2D eigenvalue weighted by Crippen LogP contribution is 2.24. The number of hydrogen-bond donors (Lipinski definition) is 1. The lowest BCUT2D eigenvalue weighted by Crippen LogP contribution is -2.13. The summed E-state index contributed by atoms with van der Waals surface area (Å²) in [6.45, 7) is 2.00. The van der Waals surface area contributed by atoms with Gasteiger partial charge >= 0.3 is 0 Å². The Balaban J connectivity index is 2.20. The molecule has 0 saturated heterocycles. The molecule has 0 aliphatic rings. The molecule has 2 N–H and O–H groups in total. The van der Waals surface area contributed by atoms with Crippen LogP contribution in [0.15, 0.2) is 48.5 Å². The van der Waals surface area contributed by atoms with Crippen LogP contribution in [0.5, 0.6) is 0 Å². The van der Waals surface area contributed by atoms with Gasteiger partial charge < -0.3 is 5.73 Å². The third-order valence-corrected chi connectivity index (χ3v) is 3.42. The number of carbonyl (C=O) groups excluding carboxylic acids is 1. The van der Waals surface area contributed by atoms with Crippen LogP contribution in [0.2, 0.25) is 5.02 Å². The van der Waals surface area contributed by atoms with E-state index in [1.165, 1.54) is 0 Å². The molecule has 22 heavy (non-hydrogen) atoms. The minimum atomic E-state index is -0.672. The molecule has 0 unspecified atom stereocenters. The topological polar surface area (TPSA) is 73.8 Å². The molecular weight excluding hydrogens is 300 g/mol. The number of aryl methyl sites for hydroxylation is 1. The minimum Gasteiger partial charge on any atom is -0.363 e. The van der Waals surface area contributed by atoms with Gasteiger partial charge in [-0.25, -0.2) is 9.67 Å². The maximum Gasteiger partial charge on any atom is 0.288 e. The molecule has 0 fully saturated rings. The Morgan fingerprint density at radius 2 is 1.91 bits per heavy atom. The summed E-state index contributed by atoms with van der Waals surface area (Å²) in [4.78, 5) is 15.6. The third-order valence-electron chi connectivity index (χ3n) is 3.19. The average Bonchev–Trinajstić information content (AvgIpc) is 2.93. The molecule has 0 bridgehead atoms. The van der Waals surface area contributed by atoms with Crippen molar-refractivity contribution in [1.29, 1.82) is 0 Å². The zero-order valence-electron chi connectivity index (χ0n) is 11.8. The molecule has 3 rings (SSSR count). The molecule has 3 aromatic rings. The van der Waals surface area contributed by atoms with E-state index in [0.717, 1.165) is 16.8 Å². The van der Waals surface area contributed by atoms with E-state index >= 15 is 0 Å². The molecule has 0 aliphatic heterocycles. The monoisotopic (exact) mass is 312 g/mol. The number of nitrogens with zero attached hydrogens (tertiary/aromatic N) is 3. The number of primary amides is 1. The minimum absolute atomic E-state index is 0.0319. The van der Waals surface area contributed by atoms with Gasteiger partial charge in [-0.05, 0) is 31.2 Å². The second kappa shape index (κ2) is 5.61. The van der Waals surface area contributed by atoms with Gasteiger partial charge in [0.2, 0.25) is 5.82 Å². The molecule has 0 atom stereocenters. The Morgan fingerprint density at radius 3 is 2.55 bits per heavy atom. The van der Waals surface area contributed by atoms with Crippen molar-refractivity contribution in [3.8, 4) is 17.1 Å². The van der Waals surface area contributed by atoms with Crippen LogP contribution < -0.4 is 5.73 Å². The Hall–Kier alpha value is -2.66. The Labute approximate surface area is 132 Å². The molecule has 2 aromatic carbocycles. The SMILES string of the molecule is Cc1ccc(-n2nc(C(N)=O)nc2-c2cccc(Cl)c2)cc1. The van der Waals surface area contributed by atoms with Crippen LogP contribution in [0.3, 0.4) is 0 Å². The van der Waals surface area contributed by atoms with Gasteiger partial charge in [0, 0.05) is 10.6 Å². The number of amides is 1. The number of aromatic nitrogens is 3. The zero-order chi connectivity index (χ0) is 15.7. The molecule has 6 heteroatoms. The molecule has 1 heterocycles. The first-order valence-corrected chi connectivity index (χ1v) is 7.02. The summed E-state index contributed by atoms with van der Waals surface area (Å²) >= 11 is 6.03. The van der Waals surface area contributed by atoms with Gasteiger partial charge in [0.05, 0.1) is 5.69 Å². The highest BCUT2D eigenvalue weighted by molar-refractivity contribution is 6.30. The Kier molecular flexibility index (Phi) is 3.65. The van der Waals surface area contributed by atoms with Crippen LogP contribution in [-0.2, 0) is 0 Å². The summed E-state index contributed by atoms with van der Waals surface area (Å²) in [6, 6.07) is 14.9. The van der Waals surface area contributed by atoms with E-state index in [1.807, 2.05) is 43.3 Å². The molecule has 110 valence electrons. The Bertz CT molecular complexity index is 840. The standard InChI is InChI=1S/C16H13ClN4O/c1-10-5-7-13(8-6-10)21-16(19-15(20-21)14(18)22)11-3-2-4-12(17)9-11/h2-9H,1H3,(H2,18,22). The van der Waals surface area contributed by atoms with E-state index in [0.29, 0.717) is 10.8 Å². The zero-order valence-corrected chi connectivity index (χ0v) is 12.6. The maximum atomic E-state index is 11.4. The normalized spacial score (nSPS) is 10.6. The number of hydrogen-bond acceptors (Lipinski definition) is 3. The quantitative estimate of drug-likeness (QED) is 0.808. The van der Waals surface area contributed by atoms with E-state index in [-0.39, 0.29) is 5.82 Å². The molecule has 5 nitrogen and oxygen atoms in total. The van der Waals surface area contributed by atoms with Crippen LogP contribution >= 0.6 is 11.6 Å². The molecule has 0 radical (unpaired) electrons. The summed E-state index contributed by atoms with van der Waals surface area (Å²) in [5.74, 6) is -0.190. The van der Waals surface area contributed by atoms with Gasteiger partial charge in [0.25, 0.3) is 5.91 Å². The van der Waals surface area contributed by atoms with E-state index in [9.17, 15) is 4.79 Å². The highest BCUT2D eigenvalue weighted by atomic mass is 35.5. The van der Waals surface area contributed by atoms with Crippen molar-refractivity contribution in [1.82, 2.24) is 14.8 Å². The molecule has 0 saturated carbocycles. The van der Waals surface area contributed by atoms with Gasteiger partial charge in [-0.3, -0.25) is 4.79 Å². The van der Waals surface area contributed by atoms with E-state index in [1.54, 1.807) is 16.8 Å². The third kappa shape index (κ3) is 2.71. The fourth-order valence-electron chi connectivity index (χ4n) is 2.10. The van der Waals surface area contributed by atoms with Crippen LogP contribution in [-0.4, -0.2) is 20.7 Å². The number of carbonyl (C=O) groups is 1. The van der Waals surface area contributed by atoms with Crippen molar-refractivity contribution in [2.75, 3.05) is 0 Å². The summed E-state index contributed by atoms with van der Waals surface area (Å²) in [5.41, 5.74) is 7.98. The van der Waals surface area contributed by atoms with E-state index < -0.39 is 5.91 Å². The lowest BCUT2D eigenvalue weighted by Gasteiger charge is -2.06. The van der Waals surface area contributed by atoms with Crippen molar-refractivity contribution in [2.45, 2.75) is 6.92 Å². The predicted octanol–water partition coefficient (Wildman–Crippen LogP) is 3.00. The van der Waals surface area contributed by atoms with Gasteiger partial charge in [0.1, 0.15) is 0 Å². The van der Waals surface area contributed by atoms with Crippen molar-refractivity contribution >= 4 is 17.5 Å². The second-order valence-electron chi connectivity index (χ2n) is 4.88. The summed E-state index contributed by atoms with van der Waals surface area (Å²) in [6.07, 6.45) is 0. The summed E-state index contributed by atoms with van der Waals surface area (Å²) < 4.78 is 1.59.